The average molecular weight is 426 g/mol. The van der Waals surface area contributed by atoms with E-state index in [1.807, 2.05) is 44.2 Å². The normalized spacial score (nSPS) is 16.1. The SMILES string of the molecule is Cc1cc(-c2ccc(S(=O)(=O)NC3CCN(Cc4ccccc4)CC3)c(C)c2)on1. The Hall–Kier alpha value is -2.48. The molecule has 0 amide bonds. The summed E-state index contributed by atoms with van der Waals surface area (Å²) < 4.78 is 34.2. The molecule has 1 fully saturated rings. The monoisotopic (exact) mass is 425 g/mol. The maximum atomic E-state index is 13.0. The minimum atomic E-state index is -3.58. The Labute approximate surface area is 177 Å². The molecule has 1 aromatic heterocycles. The summed E-state index contributed by atoms with van der Waals surface area (Å²) in [5.74, 6) is 0.637. The van der Waals surface area contributed by atoms with Gasteiger partial charge in [0.05, 0.1) is 10.6 Å². The molecule has 30 heavy (non-hydrogen) atoms. The van der Waals surface area contributed by atoms with E-state index in [0.29, 0.717) is 16.2 Å². The van der Waals surface area contributed by atoms with Crippen LogP contribution in [0.15, 0.2) is 64.0 Å². The first kappa shape index (κ1) is 20.8. The van der Waals surface area contributed by atoms with Gasteiger partial charge in [-0.15, -0.1) is 0 Å². The molecule has 1 N–H and O–H groups in total. The van der Waals surface area contributed by atoms with Crippen molar-refractivity contribution in [1.29, 1.82) is 0 Å². The highest BCUT2D eigenvalue weighted by Gasteiger charge is 2.26. The predicted molar refractivity (Wildman–Crippen MR) is 116 cm³/mol. The van der Waals surface area contributed by atoms with E-state index in [1.54, 1.807) is 12.1 Å². The van der Waals surface area contributed by atoms with Gasteiger partial charge in [0, 0.05) is 37.3 Å². The van der Waals surface area contributed by atoms with Crippen LogP contribution in [-0.4, -0.2) is 37.6 Å². The summed E-state index contributed by atoms with van der Waals surface area (Å²) in [4.78, 5) is 2.69. The number of nitrogens with zero attached hydrogens (tertiary/aromatic N) is 2. The minimum absolute atomic E-state index is 0.0435. The van der Waals surface area contributed by atoms with Crippen LogP contribution in [-0.2, 0) is 16.6 Å². The number of nitrogens with one attached hydrogen (secondary N) is 1. The number of aromatic nitrogens is 1. The highest BCUT2D eigenvalue weighted by atomic mass is 32.2. The van der Waals surface area contributed by atoms with E-state index in [1.165, 1.54) is 5.56 Å². The van der Waals surface area contributed by atoms with Gasteiger partial charge >= 0.3 is 0 Å². The van der Waals surface area contributed by atoms with Crippen LogP contribution < -0.4 is 4.72 Å². The lowest BCUT2D eigenvalue weighted by Crippen LogP contribution is -2.44. The maximum Gasteiger partial charge on any atom is 0.241 e. The zero-order chi connectivity index (χ0) is 21.1. The fourth-order valence-electron chi connectivity index (χ4n) is 3.94. The summed E-state index contributed by atoms with van der Waals surface area (Å²) in [5.41, 5.74) is 3.59. The molecular formula is C23H27N3O3S. The second kappa shape index (κ2) is 8.71. The summed E-state index contributed by atoms with van der Waals surface area (Å²) in [5, 5.41) is 3.89. The zero-order valence-corrected chi connectivity index (χ0v) is 18.2. The first-order valence-electron chi connectivity index (χ1n) is 10.2. The molecule has 7 heteroatoms. The molecule has 4 rings (SSSR count). The first-order valence-corrected chi connectivity index (χ1v) is 11.7. The summed E-state index contributed by atoms with van der Waals surface area (Å²) in [7, 11) is -3.58. The molecule has 0 spiro atoms. The average Bonchev–Trinajstić information content (AvgIpc) is 3.16. The van der Waals surface area contributed by atoms with Crippen LogP contribution in [0.4, 0.5) is 0 Å². The van der Waals surface area contributed by atoms with Crippen molar-refractivity contribution in [2.45, 2.75) is 44.2 Å². The van der Waals surface area contributed by atoms with Crippen LogP contribution in [0, 0.1) is 13.8 Å². The van der Waals surface area contributed by atoms with Crippen molar-refractivity contribution < 1.29 is 12.9 Å². The van der Waals surface area contributed by atoms with Crippen LogP contribution in [0.25, 0.3) is 11.3 Å². The Kier molecular flexibility index (Phi) is 6.04. The number of rotatable bonds is 6. The number of aryl methyl sites for hydroxylation is 2. The number of sulfonamides is 1. The summed E-state index contributed by atoms with van der Waals surface area (Å²) in [6, 6.07) is 17.4. The van der Waals surface area contributed by atoms with Crippen LogP contribution in [0.2, 0.25) is 0 Å². The van der Waals surface area contributed by atoms with Crippen LogP contribution in [0.1, 0.15) is 29.7 Å². The fourth-order valence-corrected chi connectivity index (χ4v) is 5.47. The molecule has 0 aliphatic carbocycles. The molecule has 1 saturated heterocycles. The van der Waals surface area contributed by atoms with Crippen molar-refractivity contribution in [2.24, 2.45) is 0 Å². The Balaban J connectivity index is 1.39. The van der Waals surface area contributed by atoms with Gasteiger partial charge in [0.1, 0.15) is 0 Å². The van der Waals surface area contributed by atoms with Crippen LogP contribution in [0.5, 0.6) is 0 Å². The van der Waals surface area contributed by atoms with Crippen molar-refractivity contribution in [3.8, 4) is 11.3 Å². The zero-order valence-electron chi connectivity index (χ0n) is 17.3. The maximum absolute atomic E-state index is 13.0. The fraction of sp³-hybridized carbons (Fsp3) is 0.348. The topological polar surface area (TPSA) is 75.4 Å². The molecule has 0 radical (unpaired) electrons. The number of likely N-dealkylation sites (tertiary alicyclic amines) is 1. The van der Waals surface area contributed by atoms with Gasteiger partial charge < -0.3 is 4.52 Å². The highest BCUT2D eigenvalue weighted by Crippen LogP contribution is 2.26. The smallest absolute Gasteiger partial charge is 0.241 e. The molecule has 0 unspecified atom stereocenters. The molecule has 0 saturated carbocycles. The second-order valence-electron chi connectivity index (χ2n) is 7.97. The van der Waals surface area contributed by atoms with Gasteiger partial charge in [-0.3, -0.25) is 4.90 Å². The Bertz CT molecular complexity index is 1100. The highest BCUT2D eigenvalue weighted by molar-refractivity contribution is 7.89. The van der Waals surface area contributed by atoms with Gasteiger partial charge in [-0.25, -0.2) is 13.1 Å². The predicted octanol–water partition coefficient (Wildman–Crippen LogP) is 3.90. The van der Waals surface area contributed by atoms with Crippen LogP contribution in [0.3, 0.4) is 0 Å². The molecular weight excluding hydrogens is 398 g/mol. The molecule has 6 nitrogen and oxygen atoms in total. The molecule has 0 bridgehead atoms. The lowest BCUT2D eigenvalue weighted by atomic mass is 10.1. The molecule has 3 aromatic rings. The van der Waals surface area contributed by atoms with E-state index < -0.39 is 10.0 Å². The molecule has 1 aliphatic heterocycles. The van der Waals surface area contributed by atoms with Crippen LogP contribution >= 0.6 is 0 Å². The molecule has 1 aliphatic rings. The second-order valence-corrected chi connectivity index (χ2v) is 9.65. The molecule has 0 atom stereocenters. The van der Waals surface area contributed by atoms with Gasteiger partial charge in [0.25, 0.3) is 0 Å². The van der Waals surface area contributed by atoms with E-state index in [2.05, 4.69) is 26.9 Å². The van der Waals surface area contributed by atoms with E-state index in [-0.39, 0.29) is 6.04 Å². The van der Waals surface area contributed by atoms with E-state index in [0.717, 1.165) is 43.7 Å². The number of benzene rings is 2. The van der Waals surface area contributed by atoms with Gasteiger partial charge in [0.2, 0.25) is 10.0 Å². The van der Waals surface area contributed by atoms with Crippen molar-refractivity contribution in [2.75, 3.05) is 13.1 Å². The largest absolute Gasteiger partial charge is 0.356 e. The van der Waals surface area contributed by atoms with E-state index >= 15 is 0 Å². The lowest BCUT2D eigenvalue weighted by Gasteiger charge is -2.32. The number of piperidine rings is 1. The first-order chi connectivity index (χ1) is 14.4. The third kappa shape index (κ3) is 4.80. The standard InChI is InChI=1S/C23H27N3O3S/c1-17-14-20(22-15-18(2)24-29-22)8-9-23(17)30(27,28)25-21-10-12-26(13-11-21)16-19-6-4-3-5-7-19/h3-9,14-15,21,25H,10-13,16H2,1-2H3. The number of hydrogen-bond acceptors (Lipinski definition) is 5. The lowest BCUT2D eigenvalue weighted by molar-refractivity contribution is 0.200. The molecule has 158 valence electrons. The number of hydrogen-bond donors (Lipinski definition) is 1. The van der Waals surface area contributed by atoms with Gasteiger partial charge in [0.15, 0.2) is 5.76 Å². The summed E-state index contributed by atoms with van der Waals surface area (Å²) in [6.07, 6.45) is 1.61. The Morgan fingerprint density at radius 3 is 2.43 bits per heavy atom. The van der Waals surface area contributed by atoms with Crippen molar-refractivity contribution in [3.63, 3.8) is 0 Å². The molecule has 2 aromatic carbocycles. The Morgan fingerprint density at radius 1 is 1.07 bits per heavy atom. The minimum Gasteiger partial charge on any atom is -0.356 e. The van der Waals surface area contributed by atoms with Gasteiger partial charge in [-0.05, 0) is 56.0 Å². The van der Waals surface area contributed by atoms with Crippen molar-refractivity contribution in [3.05, 3.63) is 71.4 Å². The summed E-state index contributed by atoms with van der Waals surface area (Å²) >= 11 is 0. The third-order valence-electron chi connectivity index (χ3n) is 5.54. The van der Waals surface area contributed by atoms with E-state index in [4.69, 9.17) is 4.52 Å². The molecule has 2 heterocycles. The third-order valence-corrected chi connectivity index (χ3v) is 7.22. The van der Waals surface area contributed by atoms with Gasteiger partial charge in [-0.2, -0.15) is 0 Å². The Morgan fingerprint density at radius 2 is 1.80 bits per heavy atom. The van der Waals surface area contributed by atoms with Crippen molar-refractivity contribution in [1.82, 2.24) is 14.8 Å². The summed E-state index contributed by atoms with van der Waals surface area (Å²) in [6.45, 7) is 6.33. The van der Waals surface area contributed by atoms with Crippen molar-refractivity contribution >= 4 is 10.0 Å². The van der Waals surface area contributed by atoms with Gasteiger partial charge in [-0.1, -0.05) is 35.5 Å². The quantitative estimate of drug-likeness (QED) is 0.648. The van der Waals surface area contributed by atoms with E-state index in [9.17, 15) is 8.42 Å².